The van der Waals surface area contributed by atoms with Crippen LogP contribution < -0.4 is 11.3 Å². The molecule has 3 N–H and O–H groups in total. The summed E-state index contributed by atoms with van der Waals surface area (Å²) in [5.74, 6) is 6.57. The third-order valence-electron chi connectivity index (χ3n) is 2.87. The predicted octanol–water partition coefficient (Wildman–Crippen LogP) is 2.48. The molecular weight excluding hydrogens is 188 g/mol. The number of ether oxygens (including phenoxy) is 1. The first-order valence-corrected chi connectivity index (χ1v) is 6.17. The molecule has 1 aliphatic heterocycles. The lowest BCUT2D eigenvalue weighted by molar-refractivity contribution is 0.210. The Hall–Kier alpha value is -0.540. The molecule has 0 amide bonds. The molecule has 0 aliphatic carbocycles. The summed E-state index contributed by atoms with van der Waals surface area (Å²) in [6.07, 6.45) is 10.8. The maximum atomic E-state index is 5.52. The zero-order chi connectivity index (χ0) is 10.9. The number of nitrogens with two attached hydrogens (primary N) is 1. The summed E-state index contributed by atoms with van der Waals surface area (Å²) in [6, 6.07) is 0.231. The Labute approximate surface area is 93.0 Å². The van der Waals surface area contributed by atoms with Crippen LogP contribution in [-0.2, 0) is 4.74 Å². The molecule has 1 aliphatic rings. The first-order chi connectivity index (χ1) is 7.38. The van der Waals surface area contributed by atoms with Gasteiger partial charge in [-0.2, -0.15) is 0 Å². The van der Waals surface area contributed by atoms with Crippen LogP contribution in [0.5, 0.6) is 0 Å². The van der Waals surface area contributed by atoms with Crippen LogP contribution in [0.1, 0.15) is 51.9 Å². The van der Waals surface area contributed by atoms with E-state index in [2.05, 4.69) is 18.4 Å². The molecule has 1 unspecified atom stereocenters. The maximum absolute atomic E-state index is 5.52. The molecular formula is C12H24N2O. The molecule has 3 nitrogen and oxygen atoms in total. The molecule has 1 rings (SSSR count). The summed E-state index contributed by atoms with van der Waals surface area (Å²) < 4.78 is 5.50. The van der Waals surface area contributed by atoms with E-state index in [1.54, 1.807) is 0 Å². The van der Waals surface area contributed by atoms with Crippen molar-refractivity contribution in [3.05, 3.63) is 11.8 Å². The summed E-state index contributed by atoms with van der Waals surface area (Å²) >= 11 is 0. The quantitative estimate of drug-likeness (QED) is 0.369. The van der Waals surface area contributed by atoms with Gasteiger partial charge in [-0.3, -0.25) is 5.84 Å². The zero-order valence-electron chi connectivity index (χ0n) is 9.80. The standard InChI is InChI=1S/C12H24N2O/c1-2-3-4-5-6-8-11(14-13)12-9-7-10-15-12/h9,11,14H,2-8,10,13H2,1H3. The fourth-order valence-electron chi connectivity index (χ4n) is 1.94. The van der Waals surface area contributed by atoms with Gasteiger partial charge in [-0.15, -0.1) is 0 Å². The Morgan fingerprint density at radius 2 is 2.20 bits per heavy atom. The molecule has 0 saturated carbocycles. The molecule has 0 aromatic carbocycles. The molecule has 0 saturated heterocycles. The van der Waals surface area contributed by atoms with E-state index in [0.29, 0.717) is 0 Å². The summed E-state index contributed by atoms with van der Waals surface area (Å²) in [7, 11) is 0. The van der Waals surface area contributed by atoms with Crippen LogP contribution in [0.15, 0.2) is 11.8 Å². The fraction of sp³-hybridized carbons (Fsp3) is 0.833. The molecule has 0 aromatic heterocycles. The van der Waals surface area contributed by atoms with Crippen LogP contribution in [0.25, 0.3) is 0 Å². The van der Waals surface area contributed by atoms with Gasteiger partial charge in [-0.05, 0) is 12.5 Å². The highest BCUT2D eigenvalue weighted by Gasteiger charge is 2.16. The van der Waals surface area contributed by atoms with Gasteiger partial charge in [0.05, 0.1) is 12.6 Å². The molecule has 15 heavy (non-hydrogen) atoms. The Bertz CT molecular complexity index is 192. The summed E-state index contributed by atoms with van der Waals surface area (Å²) in [4.78, 5) is 0. The molecule has 0 radical (unpaired) electrons. The molecule has 0 aromatic rings. The minimum atomic E-state index is 0.231. The van der Waals surface area contributed by atoms with Crippen molar-refractivity contribution in [2.75, 3.05) is 6.61 Å². The van der Waals surface area contributed by atoms with E-state index in [0.717, 1.165) is 25.2 Å². The minimum absolute atomic E-state index is 0.231. The van der Waals surface area contributed by atoms with Crippen LogP contribution in [0.4, 0.5) is 0 Å². The molecule has 0 bridgehead atoms. The molecule has 1 heterocycles. The fourth-order valence-corrected chi connectivity index (χ4v) is 1.94. The third-order valence-corrected chi connectivity index (χ3v) is 2.87. The van der Waals surface area contributed by atoms with Gasteiger partial charge in [0.2, 0.25) is 0 Å². The van der Waals surface area contributed by atoms with Crippen LogP contribution >= 0.6 is 0 Å². The topological polar surface area (TPSA) is 47.3 Å². The van der Waals surface area contributed by atoms with Gasteiger partial charge < -0.3 is 4.74 Å². The Balaban J connectivity index is 2.11. The van der Waals surface area contributed by atoms with Crippen molar-refractivity contribution < 1.29 is 4.74 Å². The second-order valence-electron chi connectivity index (χ2n) is 4.17. The van der Waals surface area contributed by atoms with Crippen molar-refractivity contribution in [2.45, 2.75) is 57.9 Å². The average molecular weight is 212 g/mol. The van der Waals surface area contributed by atoms with E-state index < -0.39 is 0 Å². The largest absolute Gasteiger partial charge is 0.496 e. The lowest BCUT2D eigenvalue weighted by atomic mass is 10.1. The molecule has 0 spiro atoms. The maximum Gasteiger partial charge on any atom is 0.110 e. The predicted molar refractivity (Wildman–Crippen MR) is 63.1 cm³/mol. The third kappa shape index (κ3) is 4.67. The lowest BCUT2D eigenvalue weighted by Gasteiger charge is -2.16. The van der Waals surface area contributed by atoms with Crippen molar-refractivity contribution >= 4 is 0 Å². The van der Waals surface area contributed by atoms with Crippen LogP contribution in [0.2, 0.25) is 0 Å². The SMILES string of the molecule is CCCCCCCC(NN)C1=CCCO1. The Morgan fingerprint density at radius 3 is 2.80 bits per heavy atom. The number of nitrogens with one attached hydrogen (secondary N) is 1. The van der Waals surface area contributed by atoms with Crippen molar-refractivity contribution in [1.82, 2.24) is 5.43 Å². The zero-order valence-corrected chi connectivity index (χ0v) is 9.80. The van der Waals surface area contributed by atoms with E-state index in [1.807, 2.05) is 0 Å². The Kier molecular flexibility index (Phi) is 6.44. The highest BCUT2D eigenvalue weighted by molar-refractivity contribution is 5.06. The molecule has 3 heteroatoms. The smallest absolute Gasteiger partial charge is 0.110 e. The van der Waals surface area contributed by atoms with Gasteiger partial charge in [0.15, 0.2) is 0 Å². The second-order valence-corrected chi connectivity index (χ2v) is 4.17. The molecule has 0 fully saturated rings. The van der Waals surface area contributed by atoms with Gasteiger partial charge in [0.25, 0.3) is 0 Å². The Morgan fingerprint density at radius 1 is 1.40 bits per heavy atom. The van der Waals surface area contributed by atoms with E-state index in [9.17, 15) is 0 Å². The second kappa shape index (κ2) is 7.71. The number of hydrogen-bond acceptors (Lipinski definition) is 3. The molecule has 88 valence electrons. The minimum Gasteiger partial charge on any atom is -0.496 e. The van der Waals surface area contributed by atoms with Gasteiger partial charge >= 0.3 is 0 Å². The van der Waals surface area contributed by atoms with E-state index in [4.69, 9.17) is 10.6 Å². The number of hydrazine groups is 1. The number of unbranched alkanes of at least 4 members (excludes halogenated alkanes) is 4. The number of hydrogen-bond donors (Lipinski definition) is 2. The van der Waals surface area contributed by atoms with Gasteiger partial charge in [0, 0.05) is 6.42 Å². The highest BCUT2D eigenvalue weighted by Crippen LogP contribution is 2.17. The monoisotopic (exact) mass is 212 g/mol. The van der Waals surface area contributed by atoms with Crippen molar-refractivity contribution in [3.8, 4) is 0 Å². The van der Waals surface area contributed by atoms with Gasteiger partial charge in [-0.25, -0.2) is 5.43 Å². The van der Waals surface area contributed by atoms with Gasteiger partial charge in [-0.1, -0.05) is 39.0 Å². The summed E-state index contributed by atoms with van der Waals surface area (Å²) in [6.45, 7) is 3.06. The first kappa shape index (κ1) is 12.5. The van der Waals surface area contributed by atoms with Gasteiger partial charge in [0.1, 0.15) is 5.76 Å². The van der Waals surface area contributed by atoms with Crippen LogP contribution in [0, 0.1) is 0 Å². The lowest BCUT2D eigenvalue weighted by Crippen LogP contribution is -2.36. The van der Waals surface area contributed by atoms with Crippen molar-refractivity contribution in [2.24, 2.45) is 5.84 Å². The van der Waals surface area contributed by atoms with E-state index >= 15 is 0 Å². The first-order valence-electron chi connectivity index (χ1n) is 6.17. The van der Waals surface area contributed by atoms with Crippen molar-refractivity contribution in [3.63, 3.8) is 0 Å². The van der Waals surface area contributed by atoms with E-state index in [1.165, 1.54) is 32.1 Å². The summed E-state index contributed by atoms with van der Waals surface area (Å²) in [5.41, 5.74) is 2.84. The van der Waals surface area contributed by atoms with Crippen LogP contribution in [-0.4, -0.2) is 12.6 Å². The normalized spacial score (nSPS) is 17.3. The van der Waals surface area contributed by atoms with Crippen LogP contribution in [0.3, 0.4) is 0 Å². The average Bonchev–Trinajstić information content (AvgIpc) is 2.77. The van der Waals surface area contributed by atoms with E-state index in [-0.39, 0.29) is 6.04 Å². The molecule has 1 atom stereocenters. The van der Waals surface area contributed by atoms with Crippen molar-refractivity contribution in [1.29, 1.82) is 0 Å². The number of rotatable bonds is 8. The highest BCUT2D eigenvalue weighted by atomic mass is 16.5. The summed E-state index contributed by atoms with van der Waals surface area (Å²) in [5, 5.41) is 0.